The molecule has 1 aromatic rings. The third-order valence-electron chi connectivity index (χ3n) is 3.25. The van der Waals surface area contributed by atoms with E-state index in [1.165, 1.54) is 12.1 Å². The molecule has 0 amide bonds. The minimum absolute atomic E-state index is 0.0428. The summed E-state index contributed by atoms with van der Waals surface area (Å²) in [7, 11) is 0. The largest absolute Gasteiger partial charge is 0.490 e. The Morgan fingerprint density at radius 1 is 1.18 bits per heavy atom. The van der Waals surface area contributed by atoms with E-state index in [4.69, 9.17) is 4.74 Å². The zero-order chi connectivity index (χ0) is 12.5. The molecule has 1 unspecified atom stereocenters. The van der Waals surface area contributed by atoms with Gasteiger partial charge in [-0.15, -0.1) is 0 Å². The third kappa shape index (κ3) is 2.73. The van der Waals surface area contributed by atoms with Crippen molar-refractivity contribution in [2.24, 2.45) is 5.92 Å². The van der Waals surface area contributed by atoms with Crippen molar-refractivity contribution in [3.63, 3.8) is 0 Å². The molecule has 4 heteroatoms. The molecule has 17 heavy (non-hydrogen) atoms. The predicted molar refractivity (Wildman–Crippen MR) is 58.9 cm³/mol. The van der Waals surface area contributed by atoms with Crippen LogP contribution in [-0.2, 0) is 6.18 Å². The summed E-state index contributed by atoms with van der Waals surface area (Å²) in [5, 5.41) is 0. The van der Waals surface area contributed by atoms with E-state index in [0.29, 0.717) is 5.92 Å². The molecule has 0 saturated heterocycles. The van der Waals surface area contributed by atoms with Crippen LogP contribution in [-0.4, -0.2) is 6.10 Å². The molecular formula is C13H15F3O. The molecule has 2 atom stereocenters. The van der Waals surface area contributed by atoms with Crippen LogP contribution in [0.4, 0.5) is 13.2 Å². The summed E-state index contributed by atoms with van der Waals surface area (Å²) in [5.41, 5.74) is -0.681. The van der Waals surface area contributed by atoms with Gasteiger partial charge in [-0.2, -0.15) is 13.2 Å². The van der Waals surface area contributed by atoms with Gasteiger partial charge in [0, 0.05) is 0 Å². The van der Waals surface area contributed by atoms with Crippen LogP contribution in [0.5, 0.6) is 5.75 Å². The van der Waals surface area contributed by atoms with E-state index in [9.17, 15) is 13.2 Å². The van der Waals surface area contributed by atoms with Crippen molar-refractivity contribution in [3.8, 4) is 5.75 Å². The number of rotatable bonds is 2. The second-order valence-corrected chi connectivity index (χ2v) is 4.56. The molecule has 94 valence electrons. The molecular weight excluding hydrogens is 229 g/mol. The van der Waals surface area contributed by atoms with Crippen LogP contribution in [0.3, 0.4) is 0 Å². The first kappa shape index (κ1) is 12.3. The maximum Gasteiger partial charge on any atom is 0.419 e. The lowest BCUT2D eigenvalue weighted by atomic mass is 10.1. The van der Waals surface area contributed by atoms with Crippen LogP contribution in [0.2, 0.25) is 0 Å². The number of benzene rings is 1. The lowest BCUT2D eigenvalue weighted by Crippen LogP contribution is -2.21. The van der Waals surface area contributed by atoms with Crippen LogP contribution in [0.15, 0.2) is 24.3 Å². The molecule has 0 radical (unpaired) electrons. The number of halogens is 3. The molecule has 0 aromatic heterocycles. The van der Waals surface area contributed by atoms with Crippen molar-refractivity contribution < 1.29 is 17.9 Å². The monoisotopic (exact) mass is 244 g/mol. The van der Waals surface area contributed by atoms with E-state index in [0.717, 1.165) is 25.3 Å². The Kier molecular flexibility index (Phi) is 3.31. The number of hydrogen-bond donors (Lipinski definition) is 0. The van der Waals surface area contributed by atoms with Gasteiger partial charge in [0.15, 0.2) is 0 Å². The van der Waals surface area contributed by atoms with Gasteiger partial charge in [0.05, 0.1) is 5.56 Å². The highest BCUT2D eigenvalue weighted by atomic mass is 19.4. The second kappa shape index (κ2) is 4.59. The summed E-state index contributed by atoms with van der Waals surface area (Å²) in [6.07, 6.45) is -1.54. The maximum absolute atomic E-state index is 12.7. The fourth-order valence-corrected chi connectivity index (χ4v) is 2.25. The topological polar surface area (TPSA) is 9.23 Å². The summed E-state index contributed by atoms with van der Waals surface area (Å²) in [6.45, 7) is 2.02. The average molecular weight is 244 g/mol. The van der Waals surface area contributed by atoms with E-state index >= 15 is 0 Å². The first-order chi connectivity index (χ1) is 7.98. The highest BCUT2D eigenvalue weighted by Crippen LogP contribution is 2.38. The van der Waals surface area contributed by atoms with Gasteiger partial charge in [-0.1, -0.05) is 19.1 Å². The first-order valence-electron chi connectivity index (χ1n) is 5.81. The fraction of sp³-hybridized carbons (Fsp3) is 0.538. The minimum Gasteiger partial charge on any atom is -0.490 e. The fourth-order valence-electron chi connectivity index (χ4n) is 2.25. The maximum atomic E-state index is 12.7. The van der Waals surface area contributed by atoms with Crippen molar-refractivity contribution in [1.82, 2.24) is 0 Å². The molecule has 1 aromatic carbocycles. The quantitative estimate of drug-likeness (QED) is 0.754. The summed E-state index contributed by atoms with van der Waals surface area (Å²) in [5.74, 6) is 0.287. The van der Waals surface area contributed by atoms with Crippen molar-refractivity contribution in [3.05, 3.63) is 29.8 Å². The van der Waals surface area contributed by atoms with Crippen molar-refractivity contribution in [2.75, 3.05) is 0 Å². The highest BCUT2D eigenvalue weighted by Gasteiger charge is 2.35. The van der Waals surface area contributed by atoms with Crippen molar-refractivity contribution >= 4 is 0 Å². The Hall–Kier alpha value is -1.19. The van der Waals surface area contributed by atoms with Crippen LogP contribution >= 0.6 is 0 Å². The van der Waals surface area contributed by atoms with Crippen LogP contribution in [0, 0.1) is 5.92 Å². The minimum atomic E-state index is -4.35. The number of ether oxygens (including phenoxy) is 1. The van der Waals surface area contributed by atoms with Crippen molar-refractivity contribution in [1.29, 1.82) is 0 Å². The SMILES string of the molecule is CC1CCC[C@@H]1Oc1ccccc1C(F)(F)F. The molecule has 1 aliphatic rings. The van der Waals surface area contributed by atoms with Crippen LogP contribution in [0.25, 0.3) is 0 Å². The lowest BCUT2D eigenvalue weighted by Gasteiger charge is -2.20. The van der Waals surface area contributed by atoms with Gasteiger partial charge < -0.3 is 4.74 Å². The molecule has 0 spiro atoms. The molecule has 1 saturated carbocycles. The van der Waals surface area contributed by atoms with Gasteiger partial charge >= 0.3 is 6.18 Å². The smallest absolute Gasteiger partial charge is 0.419 e. The Bertz CT molecular complexity index is 386. The number of alkyl halides is 3. The normalized spacial score (nSPS) is 24.9. The van der Waals surface area contributed by atoms with E-state index in [-0.39, 0.29) is 11.9 Å². The lowest BCUT2D eigenvalue weighted by molar-refractivity contribution is -0.139. The molecule has 0 bridgehead atoms. The van der Waals surface area contributed by atoms with Gasteiger partial charge in [0.25, 0.3) is 0 Å². The van der Waals surface area contributed by atoms with E-state index < -0.39 is 11.7 Å². The van der Waals surface area contributed by atoms with Crippen LogP contribution in [0.1, 0.15) is 31.7 Å². The molecule has 0 heterocycles. The molecule has 1 nitrogen and oxygen atoms in total. The van der Waals surface area contributed by atoms with E-state index in [1.54, 1.807) is 6.07 Å². The van der Waals surface area contributed by atoms with Crippen molar-refractivity contribution in [2.45, 2.75) is 38.5 Å². The average Bonchev–Trinajstić information content (AvgIpc) is 2.64. The Morgan fingerprint density at radius 2 is 1.88 bits per heavy atom. The summed E-state index contributed by atoms with van der Waals surface area (Å²) < 4.78 is 43.7. The van der Waals surface area contributed by atoms with E-state index in [2.05, 4.69) is 0 Å². The summed E-state index contributed by atoms with van der Waals surface area (Å²) >= 11 is 0. The Labute approximate surface area is 98.6 Å². The van der Waals surface area contributed by atoms with Gasteiger partial charge in [0.1, 0.15) is 11.9 Å². The molecule has 0 aliphatic heterocycles. The number of hydrogen-bond acceptors (Lipinski definition) is 1. The standard InChI is InChI=1S/C13H15F3O/c1-9-5-4-8-11(9)17-12-7-3-2-6-10(12)13(14,15)16/h2-3,6-7,9,11H,4-5,8H2,1H3/t9?,11-/m0/s1. The van der Waals surface area contributed by atoms with Gasteiger partial charge in [-0.05, 0) is 37.3 Å². The highest BCUT2D eigenvalue weighted by molar-refractivity contribution is 5.35. The zero-order valence-electron chi connectivity index (χ0n) is 9.63. The Morgan fingerprint density at radius 3 is 2.47 bits per heavy atom. The number of para-hydroxylation sites is 1. The predicted octanol–water partition coefficient (Wildman–Crippen LogP) is 4.27. The summed E-state index contributed by atoms with van der Waals surface area (Å²) in [4.78, 5) is 0. The molecule has 0 N–H and O–H groups in total. The van der Waals surface area contributed by atoms with Gasteiger partial charge in [-0.3, -0.25) is 0 Å². The molecule has 2 rings (SSSR count). The van der Waals surface area contributed by atoms with Gasteiger partial charge in [-0.25, -0.2) is 0 Å². The van der Waals surface area contributed by atoms with Gasteiger partial charge in [0.2, 0.25) is 0 Å². The van der Waals surface area contributed by atoms with Crippen LogP contribution < -0.4 is 4.74 Å². The summed E-state index contributed by atoms with van der Waals surface area (Å²) in [6, 6.07) is 5.42. The molecule has 1 aliphatic carbocycles. The zero-order valence-corrected chi connectivity index (χ0v) is 9.63. The third-order valence-corrected chi connectivity index (χ3v) is 3.25. The first-order valence-corrected chi connectivity index (χ1v) is 5.81. The second-order valence-electron chi connectivity index (χ2n) is 4.56. The Balaban J connectivity index is 2.21. The van der Waals surface area contributed by atoms with E-state index in [1.807, 2.05) is 6.92 Å². The molecule has 1 fully saturated rings.